The van der Waals surface area contributed by atoms with Crippen LogP contribution in [0.3, 0.4) is 0 Å². The van der Waals surface area contributed by atoms with Crippen LogP contribution in [0.2, 0.25) is 0 Å². The Morgan fingerprint density at radius 2 is 1.48 bits per heavy atom. The van der Waals surface area contributed by atoms with Crippen LogP contribution in [0.1, 0.15) is 0 Å². The van der Waals surface area contributed by atoms with Crippen molar-refractivity contribution in [2.24, 2.45) is 0 Å². The van der Waals surface area contributed by atoms with Crippen LogP contribution < -0.4 is 4.40 Å². The van der Waals surface area contributed by atoms with E-state index in [0.717, 1.165) is 11.2 Å². The minimum absolute atomic E-state index is 1.03. The van der Waals surface area contributed by atoms with E-state index < -0.39 is 0 Å². The molecule has 0 fully saturated rings. The number of pyridine rings is 3. The molecule has 5 heterocycles. The summed E-state index contributed by atoms with van der Waals surface area (Å²) in [5.41, 5.74) is 5.74. The highest BCUT2D eigenvalue weighted by atomic mass is 15.0. The lowest BCUT2D eigenvalue weighted by molar-refractivity contribution is -0.510. The van der Waals surface area contributed by atoms with Gasteiger partial charge in [0, 0.05) is 39.7 Å². The largest absolute Gasteiger partial charge is 0.293 e. The summed E-state index contributed by atoms with van der Waals surface area (Å²) < 4.78 is 4.48. The molecule has 0 aliphatic heterocycles. The van der Waals surface area contributed by atoms with Crippen LogP contribution in [0.25, 0.3) is 54.6 Å². The first kappa shape index (κ1) is 13.5. The van der Waals surface area contributed by atoms with E-state index in [1.54, 1.807) is 0 Å². The van der Waals surface area contributed by atoms with Crippen molar-refractivity contribution in [2.45, 2.75) is 0 Å². The number of fused-ring (bicyclic) bond motifs is 9. The Labute approximate surface area is 154 Å². The van der Waals surface area contributed by atoms with E-state index in [-0.39, 0.29) is 0 Å². The maximum absolute atomic E-state index is 5.12. The number of para-hydroxylation sites is 2. The maximum atomic E-state index is 5.12. The summed E-state index contributed by atoms with van der Waals surface area (Å²) in [6.07, 6.45) is 4.17. The molecule has 0 saturated carbocycles. The van der Waals surface area contributed by atoms with Crippen molar-refractivity contribution in [3.8, 4) is 0 Å². The Morgan fingerprint density at radius 3 is 2.44 bits per heavy atom. The summed E-state index contributed by atoms with van der Waals surface area (Å²) >= 11 is 0. The number of rotatable bonds is 0. The fraction of sp³-hybridized carbons (Fsp3) is 0. The molecule has 0 saturated heterocycles. The molecule has 3 nitrogen and oxygen atoms in total. The Kier molecular flexibility index (Phi) is 2.25. The van der Waals surface area contributed by atoms with Gasteiger partial charge >= 0.3 is 0 Å². The first-order valence-corrected chi connectivity index (χ1v) is 9.17. The van der Waals surface area contributed by atoms with Crippen molar-refractivity contribution in [3.63, 3.8) is 0 Å². The lowest BCUT2D eigenvalue weighted by Crippen LogP contribution is -2.19. The Morgan fingerprint density at radius 1 is 0.667 bits per heavy atom. The monoisotopic (exact) mass is 344 g/mol. The summed E-state index contributed by atoms with van der Waals surface area (Å²) in [5.74, 6) is 0. The lowest BCUT2D eigenvalue weighted by Gasteiger charge is -2.01. The molecule has 0 aliphatic rings. The summed E-state index contributed by atoms with van der Waals surface area (Å²) in [6, 6.07) is 25.9. The third kappa shape index (κ3) is 1.53. The molecule has 0 aliphatic carbocycles. The van der Waals surface area contributed by atoms with Gasteiger partial charge in [-0.3, -0.25) is 4.40 Å². The van der Waals surface area contributed by atoms with Crippen LogP contribution >= 0.6 is 0 Å². The Balaban J connectivity index is 1.82. The number of hydrogen-bond donors (Lipinski definition) is 0. The Hall–Kier alpha value is -3.72. The highest BCUT2D eigenvalue weighted by Gasteiger charge is 2.19. The Bertz CT molecular complexity index is 1670. The standard InChI is InChI=1S/C24H14N3/c1-2-10-22-15(6-1)16-7-5-8-17-18-14-19-20(25-24(18)27(22)23(16)17)11-13-26-12-4-3-9-21(19)26/h1-14H/q+1. The number of benzene rings is 2. The molecule has 2 aromatic carbocycles. The van der Waals surface area contributed by atoms with Gasteiger partial charge in [0.05, 0.1) is 21.9 Å². The van der Waals surface area contributed by atoms with Gasteiger partial charge < -0.3 is 0 Å². The summed E-state index contributed by atoms with van der Waals surface area (Å²) in [5, 5.41) is 6.25. The van der Waals surface area contributed by atoms with E-state index in [1.165, 1.54) is 43.5 Å². The molecule has 124 valence electrons. The predicted octanol–water partition coefficient (Wildman–Crippen LogP) is 5.12. The van der Waals surface area contributed by atoms with E-state index in [1.807, 2.05) is 0 Å². The topological polar surface area (TPSA) is 21.4 Å². The third-order valence-corrected chi connectivity index (χ3v) is 5.79. The second-order valence-electron chi connectivity index (χ2n) is 7.16. The van der Waals surface area contributed by atoms with Gasteiger partial charge in [-0.05, 0) is 18.2 Å². The molecular weight excluding hydrogens is 330 g/mol. The molecule has 0 spiro atoms. The number of nitrogens with zero attached hydrogens (tertiary/aromatic N) is 3. The van der Waals surface area contributed by atoms with E-state index >= 15 is 0 Å². The van der Waals surface area contributed by atoms with E-state index in [2.05, 4.69) is 94.0 Å². The van der Waals surface area contributed by atoms with Crippen molar-refractivity contribution in [1.29, 1.82) is 0 Å². The van der Waals surface area contributed by atoms with Gasteiger partial charge in [0.1, 0.15) is 5.65 Å². The average Bonchev–Trinajstić information content (AvgIpc) is 3.24. The van der Waals surface area contributed by atoms with Crippen molar-refractivity contribution >= 4 is 54.6 Å². The van der Waals surface area contributed by atoms with Crippen LogP contribution in [0, 0.1) is 0 Å². The van der Waals surface area contributed by atoms with Gasteiger partial charge in [0.25, 0.3) is 0 Å². The molecule has 0 amide bonds. The summed E-state index contributed by atoms with van der Waals surface area (Å²) in [7, 11) is 0. The van der Waals surface area contributed by atoms with Gasteiger partial charge in [0.15, 0.2) is 12.4 Å². The van der Waals surface area contributed by atoms with Crippen LogP contribution in [0.5, 0.6) is 0 Å². The zero-order chi connectivity index (χ0) is 17.5. The molecule has 3 heteroatoms. The summed E-state index contributed by atoms with van der Waals surface area (Å²) in [6.45, 7) is 0. The molecular formula is C24H14N3+. The van der Waals surface area contributed by atoms with Crippen molar-refractivity contribution < 1.29 is 4.40 Å². The first-order chi connectivity index (χ1) is 13.4. The normalized spacial score (nSPS) is 12.4. The van der Waals surface area contributed by atoms with E-state index in [9.17, 15) is 0 Å². The van der Waals surface area contributed by atoms with Gasteiger partial charge in [-0.2, -0.15) is 4.40 Å². The highest BCUT2D eigenvalue weighted by Crippen LogP contribution is 2.39. The zero-order valence-electron chi connectivity index (χ0n) is 14.4. The predicted molar refractivity (Wildman–Crippen MR) is 110 cm³/mol. The minimum atomic E-state index is 1.03. The zero-order valence-corrected chi connectivity index (χ0v) is 14.4. The summed E-state index contributed by atoms with van der Waals surface area (Å²) in [4.78, 5) is 5.12. The molecule has 5 aromatic heterocycles. The minimum Gasteiger partial charge on any atom is -0.293 e. The van der Waals surface area contributed by atoms with E-state index in [0.29, 0.717) is 0 Å². The average molecular weight is 344 g/mol. The van der Waals surface area contributed by atoms with Crippen molar-refractivity contribution in [2.75, 3.05) is 0 Å². The molecule has 0 unspecified atom stereocenters. The number of aromatic nitrogens is 3. The van der Waals surface area contributed by atoms with Gasteiger partial charge in [-0.1, -0.05) is 36.4 Å². The second kappa shape index (κ2) is 4.51. The van der Waals surface area contributed by atoms with Gasteiger partial charge in [-0.15, -0.1) is 0 Å². The van der Waals surface area contributed by atoms with Crippen LogP contribution in [-0.2, 0) is 0 Å². The fourth-order valence-corrected chi connectivity index (χ4v) is 4.64. The van der Waals surface area contributed by atoms with Crippen molar-refractivity contribution in [3.05, 3.63) is 85.2 Å². The smallest absolute Gasteiger partial charge is 0.220 e. The number of hydrogen-bond acceptors (Lipinski definition) is 1. The van der Waals surface area contributed by atoms with Crippen LogP contribution in [-0.4, -0.2) is 9.38 Å². The molecule has 0 radical (unpaired) electrons. The SMILES string of the molecule is c1ccc2c(c1)c1cccc3c4cc5c(cc[n+]6ccccc56)nc4n2c13. The molecule has 0 atom stereocenters. The first-order valence-electron chi connectivity index (χ1n) is 9.17. The molecule has 7 rings (SSSR count). The lowest BCUT2D eigenvalue weighted by atomic mass is 10.1. The van der Waals surface area contributed by atoms with E-state index in [4.69, 9.17) is 4.98 Å². The fourth-order valence-electron chi connectivity index (χ4n) is 4.64. The van der Waals surface area contributed by atoms with Crippen molar-refractivity contribution in [1.82, 2.24) is 9.38 Å². The van der Waals surface area contributed by atoms with Gasteiger partial charge in [-0.25, -0.2) is 4.98 Å². The molecule has 7 aromatic rings. The van der Waals surface area contributed by atoms with Crippen LogP contribution in [0.4, 0.5) is 0 Å². The third-order valence-electron chi connectivity index (χ3n) is 5.79. The quantitative estimate of drug-likeness (QED) is 0.276. The molecule has 0 bridgehead atoms. The maximum Gasteiger partial charge on any atom is 0.220 e. The highest BCUT2D eigenvalue weighted by molar-refractivity contribution is 6.23. The molecule has 27 heavy (non-hydrogen) atoms. The van der Waals surface area contributed by atoms with Gasteiger partial charge in [0.2, 0.25) is 5.52 Å². The van der Waals surface area contributed by atoms with Crippen LogP contribution in [0.15, 0.2) is 85.2 Å². The molecule has 0 N–H and O–H groups in total. The second-order valence-corrected chi connectivity index (χ2v) is 7.16.